The lowest BCUT2D eigenvalue weighted by molar-refractivity contribution is -0.137. The average Bonchev–Trinajstić information content (AvgIpc) is 3.35. The number of H-pyrrole nitrogens is 1. The minimum Gasteiger partial charge on any atom is -0.358 e. The highest BCUT2D eigenvalue weighted by molar-refractivity contribution is 6.05. The fraction of sp³-hybridized carbons (Fsp3) is 0.0769. The number of carbonyl (C=O) groups is 1. The topological polar surface area (TPSA) is 95.6 Å². The Bertz CT molecular complexity index is 1620. The molecule has 7 nitrogen and oxygen atoms in total. The number of hydrogen-bond acceptors (Lipinski definition) is 5. The van der Waals surface area contributed by atoms with E-state index in [9.17, 15) is 22.4 Å². The second-order valence-electron chi connectivity index (χ2n) is 8.18. The van der Waals surface area contributed by atoms with Crippen molar-refractivity contribution in [2.45, 2.75) is 13.1 Å². The maximum Gasteiger partial charge on any atom is 0.416 e. The Balaban J connectivity index is 1.45. The number of hydrogen-bond donors (Lipinski definition) is 3. The number of anilines is 3. The lowest BCUT2D eigenvalue weighted by Gasteiger charge is -2.13. The van der Waals surface area contributed by atoms with Gasteiger partial charge in [-0.1, -0.05) is 6.07 Å². The van der Waals surface area contributed by atoms with Crippen LogP contribution in [0.15, 0.2) is 73.2 Å². The van der Waals surface area contributed by atoms with Crippen LogP contribution in [0.4, 0.5) is 34.9 Å². The number of halogens is 4. The van der Waals surface area contributed by atoms with Crippen LogP contribution in [-0.4, -0.2) is 25.8 Å². The largest absolute Gasteiger partial charge is 0.416 e. The molecule has 3 N–H and O–H groups in total. The summed E-state index contributed by atoms with van der Waals surface area (Å²) in [6, 6.07) is 11.9. The molecule has 0 radical (unpaired) electrons. The number of aromatic nitrogens is 4. The summed E-state index contributed by atoms with van der Waals surface area (Å²) in [6.07, 6.45) is 0.395. The van der Waals surface area contributed by atoms with E-state index in [0.717, 1.165) is 16.6 Å². The number of amides is 1. The summed E-state index contributed by atoms with van der Waals surface area (Å²) in [7, 11) is 0. The van der Waals surface area contributed by atoms with Crippen LogP contribution in [0.3, 0.4) is 0 Å². The van der Waals surface area contributed by atoms with E-state index in [-0.39, 0.29) is 11.5 Å². The molecule has 3 heterocycles. The number of carbonyl (C=O) groups excluding carboxylic acids is 1. The van der Waals surface area contributed by atoms with Crippen molar-refractivity contribution in [3.63, 3.8) is 0 Å². The molecule has 0 saturated heterocycles. The summed E-state index contributed by atoms with van der Waals surface area (Å²) in [5.41, 5.74) is 2.47. The van der Waals surface area contributed by atoms with Gasteiger partial charge in [-0.05, 0) is 61.0 Å². The van der Waals surface area contributed by atoms with Crippen LogP contribution in [0.25, 0.3) is 22.3 Å². The Morgan fingerprint density at radius 1 is 1.00 bits per heavy atom. The van der Waals surface area contributed by atoms with Gasteiger partial charge in [0, 0.05) is 35.4 Å². The van der Waals surface area contributed by atoms with Gasteiger partial charge in [-0.25, -0.2) is 14.4 Å². The zero-order valence-electron chi connectivity index (χ0n) is 19.2. The fourth-order valence-electron chi connectivity index (χ4n) is 3.72. The SMILES string of the molecule is Cc1ccc(C(=O)Nc2cc(C(F)(F)F)ccc2F)cc1Nc1nc(-c2cccnc2)c2[nH]ccc2n1. The summed E-state index contributed by atoms with van der Waals surface area (Å²) < 4.78 is 53.2. The zero-order valence-corrected chi connectivity index (χ0v) is 19.2. The van der Waals surface area contributed by atoms with Crippen molar-refractivity contribution >= 4 is 34.3 Å². The Labute approximate surface area is 207 Å². The van der Waals surface area contributed by atoms with E-state index in [0.29, 0.717) is 35.1 Å². The average molecular weight is 506 g/mol. The highest BCUT2D eigenvalue weighted by Gasteiger charge is 2.31. The number of fused-ring (bicyclic) bond motifs is 1. The van der Waals surface area contributed by atoms with E-state index in [1.807, 2.05) is 6.07 Å². The molecule has 37 heavy (non-hydrogen) atoms. The standard InChI is InChI=1S/C26H18F4N6O/c1-14-4-5-15(24(37)33-21-12-17(26(28,29)30)6-7-18(21)27)11-20(14)35-25-34-19-8-10-32-23(19)22(36-25)16-3-2-9-31-13-16/h2-13,32H,1H3,(H,33,37)(H,34,35,36). The minimum absolute atomic E-state index is 0.0973. The lowest BCUT2D eigenvalue weighted by atomic mass is 10.1. The third-order valence-electron chi connectivity index (χ3n) is 5.63. The lowest BCUT2D eigenvalue weighted by Crippen LogP contribution is -2.15. The second-order valence-corrected chi connectivity index (χ2v) is 8.18. The minimum atomic E-state index is -4.68. The van der Waals surface area contributed by atoms with E-state index in [2.05, 4.69) is 30.6 Å². The van der Waals surface area contributed by atoms with Crippen LogP contribution in [0, 0.1) is 12.7 Å². The molecular formula is C26H18F4N6O. The van der Waals surface area contributed by atoms with Gasteiger partial charge in [0.25, 0.3) is 5.91 Å². The number of rotatable bonds is 5. The van der Waals surface area contributed by atoms with Crippen LogP contribution in [-0.2, 0) is 6.18 Å². The molecule has 1 amide bonds. The molecule has 0 aliphatic heterocycles. The van der Waals surface area contributed by atoms with Crippen molar-refractivity contribution in [1.29, 1.82) is 0 Å². The summed E-state index contributed by atoms with van der Waals surface area (Å²) >= 11 is 0. The van der Waals surface area contributed by atoms with Gasteiger partial charge in [0.1, 0.15) is 11.5 Å². The normalized spacial score (nSPS) is 11.5. The smallest absolute Gasteiger partial charge is 0.358 e. The third-order valence-corrected chi connectivity index (χ3v) is 5.63. The van der Waals surface area contributed by atoms with Crippen LogP contribution in [0.2, 0.25) is 0 Å². The monoisotopic (exact) mass is 506 g/mol. The number of nitrogens with zero attached hydrogens (tertiary/aromatic N) is 3. The maximum atomic E-state index is 14.1. The Morgan fingerprint density at radius 2 is 1.84 bits per heavy atom. The van der Waals surface area contributed by atoms with Gasteiger partial charge in [-0.15, -0.1) is 0 Å². The van der Waals surface area contributed by atoms with Gasteiger partial charge in [0.15, 0.2) is 0 Å². The molecule has 0 bridgehead atoms. The third kappa shape index (κ3) is 4.96. The summed E-state index contributed by atoms with van der Waals surface area (Å²) in [4.78, 5) is 29.2. The van der Waals surface area contributed by atoms with E-state index in [1.54, 1.807) is 43.7 Å². The van der Waals surface area contributed by atoms with Crippen LogP contribution in [0.5, 0.6) is 0 Å². The van der Waals surface area contributed by atoms with Gasteiger partial charge in [-0.2, -0.15) is 13.2 Å². The van der Waals surface area contributed by atoms with Gasteiger partial charge in [0.2, 0.25) is 5.95 Å². The Morgan fingerprint density at radius 3 is 2.59 bits per heavy atom. The Hall–Kier alpha value is -4.80. The van der Waals surface area contributed by atoms with E-state index in [1.165, 1.54) is 12.1 Å². The number of benzene rings is 2. The first-order valence-corrected chi connectivity index (χ1v) is 11.0. The van der Waals surface area contributed by atoms with E-state index in [4.69, 9.17) is 0 Å². The van der Waals surface area contributed by atoms with Crippen molar-refractivity contribution in [3.05, 3.63) is 95.7 Å². The van der Waals surface area contributed by atoms with Crippen LogP contribution < -0.4 is 10.6 Å². The zero-order chi connectivity index (χ0) is 26.2. The maximum absolute atomic E-state index is 14.1. The number of aromatic amines is 1. The molecule has 0 fully saturated rings. The number of pyridine rings is 1. The Kier molecular flexibility index (Phi) is 6.04. The first kappa shape index (κ1) is 23.9. The molecule has 2 aromatic carbocycles. The molecule has 0 aliphatic carbocycles. The van der Waals surface area contributed by atoms with Crippen molar-refractivity contribution in [3.8, 4) is 11.3 Å². The van der Waals surface area contributed by atoms with Crippen LogP contribution in [0.1, 0.15) is 21.5 Å². The van der Waals surface area contributed by atoms with E-state index >= 15 is 0 Å². The number of alkyl halides is 3. The predicted molar refractivity (Wildman–Crippen MR) is 131 cm³/mol. The van der Waals surface area contributed by atoms with Gasteiger partial charge >= 0.3 is 6.18 Å². The van der Waals surface area contributed by atoms with Crippen molar-refractivity contribution in [2.75, 3.05) is 10.6 Å². The highest BCUT2D eigenvalue weighted by atomic mass is 19.4. The fourth-order valence-corrected chi connectivity index (χ4v) is 3.72. The van der Waals surface area contributed by atoms with Crippen molar-refractivity contribution in [2.24, 2.45) is 0 Å². The van der Waals surface area contributed by atoms with Gasteiger partial charge < -0.3 is 15.6 Å². The highest BCUT2D eigenvalue weighted by Crippen LogP contribution is 2.32. The first-order chi connectivity index (χ1) is 17.7. The summed E-state index contributed by atoms with van der Waals surface area (Å²) in [6.45, 7) is 1.80. The molecule has 0 atom stereocenters. The summed E-state index contributed by atoms with van der Waals surface area (Å²) in [5, 5.41) is 5.32. The van der Waals surface area contributed by atoms with Crippen LogP contribution >= 0.6 is 0 Å². The van der Waals surface area contributed by atoms with Gasteiger partial charge in [0.05, 0.1) is 22.3 Å². The molecule has 5 rings (SSSR count). The molecule has 0 saturated carbocycles. The summed E-state index contributed by atoms with van der Waals surface area (Å²) in [5.74, 6) is -1.50. The van der Waals surface area contributed by atoms with E-state index < -0.39 is 29.2 Å². The second kappa shape index (κ2) is 9.34. The van der Waals surface area contributed by atoms with Crippen molar-refractivity contribution < 1.29 is 22.4 Å². The molecule has 3 aromatic heterocycles. The number of aryl methyl sites for hydroxylation is 1. The molecule has 5 aromatic rings. The van der Waals surface area contributed by atoms with Crippen molar-refractivity contribution in [1.82, 2.24) is 19.9 Å². The molecule has 11 heteroatoms. The first-order valence-electron chi connectivity index (χ1n) is 11.0. The predicted octanol–water partition coefficient (Wildman–Crippen LogP) is 6.48. The molecule has 0 unspecified atom stereocenters. The molecule has 0 spiro atoms. The molecular weight excluding hydrogens is 488 g/mol. The number of nitrogens with one attached hydrogen (secondary N) is 3. The van der Waals surface area contributed by atoms with Gasteiger partial charge in [-0.3, -0.25) is 9.78 Å². The molecule has 186 valence electrons. The quantitative estimate of drug-likeness (QED) is 0.237. The molecule has 0 aliphatic rings.